The van der Waals surface area contributed by atoms with Crippen LogP contribution < -0.4 is 10.1 Å². The highest BCUT2D eigenvalue weighted by Gasteiger charge is 2.28. The molecule has 1 aromatic carbocycles. The van der Waals surface area contributed by atoms with Gasteiger partial charge in [0.05, 0.1) is 11.7 Å². The van der Waals surface area contributed by atoms with Crippen LogP contribution in [-0.2, 0) is 6.54 Å². The molecule has 3 heterocycles. The van der Waals surface area contributed by atoms with Gasteiger partial charge in [0.15, 0.2) is 0 Å². The third kappa shape index (κ3) is 3.07. The normalized spacial score (nSPS) is 20.5. The lowest BCUT2D eigenvalue weighted by atomic mass is 10.1. The van der Waals surface area contributed by atoms with Crippen molar-refractivity contribution in [2.24, 2.45) is 0 Å². The standard InChI is InChI=1S/C17H20N4O3/c22-17(18-15-12-23-16-4-2-1-3-14(15)16)21-8-6-20(7-9-21)11-13-5-10-24-19-13/h1-5,10,15H,6-9,11-12H2,(H,18,22). The molecule has 126 valence electrons. The number of para-hydroxylation sites is 1. The number of aromatic nitrogens is 1. The van der Waals surface area contributed by atoms with E-state index in [1.54, 1.807) is 6.26 Å². The molecular weight excluding hydrogens is 308 g/mol. The van der Waals surface area contributed by atoms with Crippen LogP contribution in [0.2, 0.25) is 0 Å². The van der Waals surface area contributed by atoms with Crippen molar-refractivity contribution in [1.82, 2.24) is 20.3 Å². The fourth-order valence-corrected chi connectivity index (χ4v) is 3.18. The molecule has 1 aromatic heterocycles. The molecule has 1 fully saturated rings. The lowest BCUT2D eigenvalue weighted by Crippen LogP contribution is -2.52. The first-order valence-corrected chi connectivity index (χ1v) is 8.18. The summed E-state index contributed by atoms with van der Waals surface area (Å²) >= 11 is 0. The Bertz CT molecular complexity index is 696. The summed E-state index contributed by atoms with van der Waals surface area (Å²) in [6.45, 7) is 4.33. The van der Waals surface area contributed by atoms with Crippen molar-refractivity contribution >= 4 is 6.03 Å². The van der Waals surface area contributed by atoms with Gasteiger partial charge < -0.3 is 19.5 Å². The van der Waals surface area contributed by atoms with Crippen molar-refractivity contribution in [2.45, 2.75) is 12.6 Å². The molecule has 0 aliphatic carbocycles. The first kappa shape index (κ1) is 15.0. The first-order valence-electron chi connectivity index (χ1n) is 8.18. The van der Waals surface area contributed by atoms with Crippen LogP contribution in [0.3, 0.4) is 0 Å². The number of ether oxygens (including phenoxy) is 1. The quantitative estimate of drug-likeness (QED) is 0.927. The van der Waals surface area contributed by atoms with E-state index in [-0.39, 0.29) is 12.1 Å². The number of benzene rings is 1. The van der Waals surface area contributed by atoms with Crippen molar-refractivity contribution < 1.29 is 14.1 Å². The number of nitrogens with zero attached hydrogens (tertiary/aromatic N) is 3. The number of hydrogen-bond acceptors (Lipinski definition) is 5. The van der Waals surface area contributed by atoms with Crippen LogP contribution in [0.15, 0.2) is 41.1 Å². The van der Waals surface area contributed by atoms with Gasteiger partial charge in [-0.2, -0.15) is 0 Å². The van der Waals surface area contributed by atoms with Gasteiger partial charge >= 0.3 is 6.03 Å². The number of fused-ring (bicyclic) bond motifs is 1. The van der Waals surface area contributed by atoms with Crippen molar-refractivity contribution in [3.05, 3.63) is 47.9 Å². The minimum Gasteiger partial charge on any atom is -0.491 e. The predicted octanol–water partition coefficient (Wildman–Crippen LogP) is 1.64. The molecule has 2 amide bonds. The van der Waals surface area contributed by atoms with Gasteiger partial charge in [0.1, 0.15) is 18.6 Å². The second-order valence-electron chi connectivity index (χ2n) is 6.10. The molecule has 7 heteroatoms. The van der Waals surface area contributed by atoms with E-state index in [0.717, 1.165) is 36.6 Å². The molecule has 1 N–H and O–H groups in total. The van der Waals surface area contributed by atoms with Crippen LogP contribution in [0, 0.1) is 0 Å². The molecule has 2 aromatic rings. The van der Waals surface area contributed by atoms with Crippen molar-refractivity contribution in [3.8, 4) is 5.75 Å². The first-order chi connectivity index (χ1) is 11.8. The van der Waals surface area contributed by atoms with E-state index in [1.165, 1.54) is 0 Å². The van der Waals surface area contributed by atoms with Crippen LogP contribution in [0.5, 0.6) is 5.75 Å². The third-order valence-corrected chi connectivity index (χ3v) is 4.53. The zero-order valence-electron chi connectivity index (χ0n) is 13.4. The summed E-state index contributed by atoms with van der Waals surface area (Å²) in [5, 5.41) is 7.01. The summed E-state index contributed by atoms with van der Waals surface area (Å²) in [6, 6.07) is 9.62. The highest BCUT2D eigenvalue weighted by atomic mass is 16.5. The predicted molar refractivity (Wildman–Crippen MR) is 86.6 cm³/mol. The molecule has 1 saturated heterocycles. The van der Waals surface area contributed by atoms with Crippen molar-refractivity contribution in [3.63, 3.8) is 0 Å². The second-order valence-corrected chi connectivity index (χ2v) is 6.10. The Morgan fingerprint density at radius 2 is 2.04 bits per heavy atom. The number of rotatable bonds is 3. The van der Waals surface area contributed by atoms with E-state index in [0.29, 0.717) is 19.7 Å². The molecule has 7 nitrogen and oxygen atoms in total. The molecule has 1 atom stereocenters. The van der Waals surface area contributed by atoms with Crippen LogP contribution >= 0.6 is 0 Å². The van der Waals surface area contributed by atoms with Gasteiger partial charge in [0.2, 0.25) is 0 Å². The highest BCUT2D eigenvalue weighted by molar-refractivity contribution is 5.75. The maximum Gasteiger partial charge on any atom is 0.318 e. The Morgan fingerprint density at radius 1 is 1.21 bits per heavy atom. The van der Waals surface area contributed by atoms with Crippen molar-refractivity contribution in [2.75, 3.05) is 32.8 Å². The summed E-state index contributed by atoms with van der Waals surface area (Å²) in [5.41, 5.74) is 1.98. The number of carbonyl (C=O) groups excluding carboxylic acids is 1. The topological polar surface area (TPSA) is 70.8 Å². The number of nitrogens with one attached hydrogen (secondary N) is 1. The molecule has 24 heavy (non-hydrogen) atoms. The SMILES string of the molecule is O=C(NC1COc2ccccc21)N1CCN(Cc2ccon2)CC1. The van der Waals surface area contributed by atoms with Gasteiger partial charge in [-0.3, -0.25) is 4.90 Å². The van der Waals surface area contributed by atoms with E-state index in [9.17, 15) is 4.79 Å². The zero-order valence-corrected chi connectivity index (χ0v) is 13.4. The fourth-order valence-electron chi connectivity index (χ4n) is 3.18. The lowest BCUT2D eigenvalue weighted by Gasteiger charge is -2.34. The van der Waals surface area contributed by atoms with Gasteiger partial charge in [0.25, 0.3) is 0 Å². The molecule has 0 radical (unpaired) electrons. The highest BCUT2D eigenvalue weighted by Crippen LogP contribution is 2.31. The Balaban J connectivity index is 1.29. The minimum absolute atomic E-state index is 0.0265. The molecule has 2 aliphatic heterocycles. The van der Waals surface area contributed by atoms with E-state index < -0.39 is 0 Å². The number of amides is 2. The molecule has 4 rings (SSSR count). The largest absolute Gasteiger partial charge is 0.491 e. The lowest BCUT2D eigenvalue weighted by molar-refractivity contribution is 0.130. The van der Waals surface area contributed by atoms with Gasteiger partial charge in [-0.15, -0.1) is 0 Å². The summed E-state index contributed by atoms with van der Waals surface area (Å²) in [6.07, 6.45) is 1.58. The summed E-state index contributed by atoms with van der Waals surface area (Å²) in [4.78, 5) is 16.6. The van der Waals surface area contributed by atoms with Crippen LogP contribution in [-0.4, -0.2) is 53.8 Å². The Kier molecular flexibility index (Phi) is 4.08. The van der Waals surface area contributed by atoms with Crippen LogP contribution in [0.1, 0.15) is 17.3 Å². The van der Waals surface area contributed by atoms with Gasteiger partial charge in [-0.05, 0) is 6.07 Å². The fraction of sp³-hybridized carbons (Fsp3) is 0.412. The monoisotopic (exact) mass is 328 g/mol. The van der Waals surface area contributed by atoms with Gasteiger partial charge in [-0.1, -0.05) is 23.4 Å². The minimum atomic E-state index is -0.0677. The number of carbonyl (C=O) groups is 1. The van der Waals surface area contributed by atoms with Gasteiger partial charge in [0, 0.05) is 44.4 Å². The second kappa shape index (κ2) is 6.52. The maximum absolute atomic E-state index is 12.5. The van der Waals surface area contributed by atoms with E-state index in [2.05, 4.69) is 15.4 Å². The van der Waals surface area contributed by atoms with Gasteiger partial charge in [-0.25, -0.2) is 4.79 Å². The summed E-state index contributed by atoms with van der Waals surface area (Å²) < 4.78 is 10.5. The van der Waals surface area contributed by atoms with E-state index >= 15 is 0 Å². The average molecular weight is 328 g/mol. The smallest absolute Gasteiger partial charge is 0.318 e. The number of urea groups is 1. The maximum atomic E-state index is 12.5. The van der Waals surface area contributed by atoms with Crippen LogP contribution in [0.25, 0.3) is 0 Å². The average Bonchev–Trinajstić information content (AvgIpc) is 3.26. The molecule has 0 saturated carbocycles. The van der Waals surface area contributed by atoms with Crippen LogP contribution in [0.4, 0.5) is 4.79 Å². The summed E-state index contributed by atoms with van der Waals surface area (Å²) in [5.74, 6) is 0.861. The Morgan fingerprint density at radius 3 is 2.83 bits per heavy atom. The van der Waals surface area contributed by atoms with E-state index in [1.807, 2.05) is 35.2 Å². The molecular formula is C17H20N4O3. The van der Waals surface area contributed by atoms with E-state index in [4.69, 9.17) is 9.26 Å². The Hall–Kier alpha value is -2.54. The molecule has 0 bridgehead atoms. The Labute approximate surface area is 140 Å². The molecule has 1 unspecified atom stereocenters. The number of piperazine rings is 1. The van der Waals surface area contributed by atoms with Crippen molar-refractivity contribution in [1.29, 1.82) is 0 Å². The third-order valence-electron chi connectivity index (χ3n) is 4.53. The molecule has 0 spiro atoms. The molecule has 2 aliphatic rings. The zero-order chi connectivity index (χ0) is 16.4. The number of hydrogen-bond donors (Lipinski definition) is 1. The summed E-state index contributed by atoms with van der Waals surface area (Å²) in [7, 11) is 0.